The van der Waals surface area contributed by atoms with E-state index in [1.807, 2.05) is 6.07 Å². The van der Waals surface area contributed by atoms with Crippen LogP contribution in [0, 0.1) is 0 Å². The van der Waals surface area contributed by atoms with Crippen molar-refractivity contribution >= 4 is 27.5 Å². The van der Waals surface area contributed by atoms with E-state index in [0.29, 0.717) is 24.1 Å². The van der Waals surface area contributed by atoms with Crippen molar-refractivity contribution in [3.05, 3.63) is 59.7 Å². The van der Waals surface area contributed by atoms with Crippen molar-refractivity contribution in [2.75, 3.05) is 5.32 Å². The van der Waals surface area contributed by atoms with Crippen molar-refractivity contribution in [1.29, 1.82) is 0 Å². The summed E-state index contributed by atoms with van der Waals surface area (Å²) in [5.74, 6) is -0.425. The van der Waals surface area contributed by atoms with Gasteiger partial charge < -0.3 is 10.6 Å². The predicted molar refractivity (Wildman–Crippen MR) is 113 cm³/mol. The average molecular weight is 428 g/mol. The van der Waals surface area contributed by atoms with Crippen molar-refractivity contribution in [2.45, 2.75) is 55.5 Å². The third-order valence-electron chi connectivity index (χ3n) is 5.65. The number of carbonyl (C=O) groups excluding carboxylic acids is 2. The summed E-state index contributed by atoms with van der Waals surface area (Å²) in [6.07, 6.45) is 4.76. The Balaban J connectivity index is 1.60. The first-order valence-corrected chi connectivity index (χ1v) is 11.7. The zero-order valence-electron chi connectivity index (χ0n) is 16.6. The number of benzene rings is 2. The third kappa shape index (κ3) is 4.55. The zero-order valence-corrected chi connectivity index (χ0v) is 17.4. The summed E-state index contributed by atoms with van der Waals surface area (Å²) in [6.45, 7) is 0. The minimum Gasteiger partial charge on any atom is -0.352 e. The molecule has 158 valence electrons. The van der Waals surface area contributed by atoms with Gasteiger partial charge in [-0.05, 0) is 48.6 Å². The highest BCUT2D eigenvalue weighted by atomic mass is 32.2. The van der Waals surface area contributed by atoms with E-state index in [1.165, 1.54) is 6.07 Å². The lowest BCUT2D eigenvalue weighted by molar-refractivity contribution is -0.123. The molecule has 0 saturated heterocycles. The Labute approximate surface area is 176 Å². The van der Waals surface area contributed by atoms with Crippen LogP contribution in [0.4, 0.5) is 5.69 Å². The first-order valence-electron chi connectivity index (χ1n) is 10.2. The summed E-state index contributed by atoms with van der Waals surface area (Å²) in [6, 6.07) is 12.5. The van der Waals surface area contributed by atoms with Gasteiger partial charge in [-0.1, -0.05) is 43.2 Å². The molecule has 2 aromatic rings. The van der Waals surface area contributed by atoms with E-state index in [1.54, 1.807) is 36.4 Å². The first-order chi connectivity index (χ1) is 14.4. The van der Waals surface area contributed by atoms with Crippen molar-refractivity contribution in [2.24, 2.45) is 0 Å². The number of fused-ring (bicyclic) bond motifs is 1. The molecule has 0 aromatic heterocycles. The second-order valence-corrected chi connectivity index (χ2v) is 9.54. The Morgan fingerprint density at radius 1 is 1.03 bits per heavy atom. The molecule has 1 saturated carbocycles. The molecule has 0 spiro atoms. The van der Waals surface area contributed by atoms with E-state index in [0.717, 1.165) is 31.2 Å². The summed E-state index contributed by atoms with van der Waals surface area (Å²) >= 11 is 0. The topological polar surface area (TPSA) is 104 Å². The van der Waals surface area contributed by atoms with E-state index in [-0.39, 0.29) is 22.8 Å². The van der Waals surface area contributed by atoms with Gasteiger partial charge in [-0.3, -0.25) is 9.59 Å². The van der Waals surface area contributed by atoms with E-state index in [4.69, 9.17) is 0 Å². The maximum Gasteiger partial charge on any atom is 0.242 e. The molecule has 1 aliphatic heterocycles. The van der Waals surface area contributed by atoms with E-state index < -0.39 is 16.1 Å². The minimum absolute atomic E-state index is 0.0759. The molecule has 4 rings (SSSR count). The number of rotatable bonds is 6. The van der Waals surface area contributed by atoms with Crippen molar-refractivity contribution in [3.63, 3.8) is 0 Å². The van der Waals surface area contributed by atoms with Crippen molar-refractivity contribution < 1.29 is 18.0 Å². The fourth-order valence-electron chi connectivity index (χ4n) is 4.02. The fourth-order valence-corrected chi connectivity index (χ4v) is 5.26. The van der Waals surface area contributed by atoms with Gasteiger partial charge in [-0.2, -0.15) is 4.72 Å². The number of anilines is 1. The SMILES string of the molecule is O=C1CCc2cc(S(=O)(=O)N[C@@H](C(=O)NC3CCCC3)c3ccccc3)ccc2N1. The summed E-state index contributed by atoms with van der Waals surface area (Å²) in [7, 11) is -3.96. The Morgan fingerprint density at radius 3 is 2.50 bits per heavy atom. The second-order valence-electron chi connectivity index (χ2n) is 7.82. The molecule has 1 heterocycles. The highest BCUT2D eigenvalue weighted by molar-refractivity contribution is 7.89. The van der Waals surface area contributed by atoms with Crippen LogP contribution in [0.2, 0.25) is 0 Å². The van der Waals surface area contributed by atoms with Gasteiger partial charge in [-0.25, -0.2) is 8.42 Å². The Bertz CT molecular complexity index is 1050. The van der Waals surface area contributed by atoms with Crippen LogP contribution in [0.15, 0.2) is 53.4 Å². The average Bonchev–Trinajstić information content (AvgIpc) is 3.25. The highest BCUT2D eigenvalue weighted by Gasteiger charge is 2.30. The van der Waals surface area contributed by atoms with Gasteiger partial charge in [0.25, 0.3) is 0 Å². The Hall–Kier alpha value is -2.71. The lowest BCUT2D eigenvalue weighted by Gasteiger charge is -2.22. The minimum atomic E-state index is -3.96. The number of hydrogen-bond acceptors (Lipinski definition) is 4. The normalized spacial score (nSPS) is 17.8. The van der Waals surface area contributed by atoms with Crippen LogP contribution in [0.3, 0.4) is 0 Å². The molecule has 1 aliphatic carbocycles. The third-order valence-corrected chi connectivity index (χ3v) is 7.07. The van der Waals surface area contributed by atoms with Crippen molar-refractivity contribution in [3.8, 4) is 0 Å². The van der Waals surface area contributed by atoms with Gasteiger partial charge in [0, 0.05) is 18.2 Å². The Kier molecular flexibility index (Phi) is 5.87. The van der Waals surface area contributed by atoms with E-state index in [2.05, 4.69) is 15.4 Å². The lowest BCUT2D eigenvalue weighted by Crippen LogP contribution is -2.43. The fraction of sp³-hybridized carbons (Fsp3) is 0.364. The van der Waals surface area contributed by atoms with E-state index >= 15 is 0 Å². The molecule has 8 heteroatoms. The molecule has 2 amide bonds. The highest BCUT2D eigenvalue weighted by Crippen LogP contribution is 2.27. The van der Waals surface area contributed by atoms with E-state index in [9.17, 15) is 18.0 Å². The van der Waals surface area contributed by atoms with Crippen LogP contribution in [0.25, 0.3) is 0 Å². The van der Waals surface area contributed by atoms with Crippen LogP contribution >= 0.6 is 0 Å². The molecule has 3 N–H and O–H groups in total. The molecule has 0 unspecified atom stereocenters. The maximum atomic E-state index is 13.1. The number of amides is 2. The van der Waals surface area contributed by atoms with Gasteiger partial charge in [0.15, 0.2) is 0 Å². The summed E-state index contributed by atoms with van der Waals surface area (Å²) < 4.78 is 28.8. The lowest BCUT2D eigenvalue weighted by atomic mass is 10.0. The summed E-state index contributed by atoms with van der Waals surface area (Å²) in [4.78, 5) is 24.6. The molecule has 7 nitrogen and oxygen atoms in total. The summed E-state index contributed by atoms with van der Waals surface area (Å²) in [5, 5.41) is 5.74. The summed E-state index contributed by atoms with van der Waals surface area (Å²) in [5.41, 5.74) is 1.98. The second kappa shape index (κ2) is 8.57. The maximum absolute atomic E-state index is 13.1. The van der Waals surface area contributed by atoms with Gasteiger partial charge in [-0.15, -0.1) is 0 Å². The molecule has 1 atom stereocenters. The molecule has 2 aliphatic rings. The predicted octanol–water partition coefficient (Wildman–Crippen LogP) is 2.65. The number of aryl methyl sites for hydroxylation is 1. The van der Waals surface area contributed by atoms with Gasteiger partial charge in [0.05, 0.1) is 4.90 Å². The zero-order chi connectivity index (χ0) is 21.1. The number of carbonyl (C=O) groups is 2. The number of sulfonamides is 1. The van der Waals surface area contributed by atoms with Gasteiger partial charge in [0.1, 0.15) is 6.04 Å². The van der Waals surface area contributed by atoms with Crippen LogP contribution < -0.4 is 15.4 Å². The number of nitrogens with one attached hydrogen (secondary N) is 3. The molecular weight excluding hydrogens is 402 g/mol. The molecular formula is C22H25N3O4S. The van der Waals surface area contributed by atoms with Crippen LogP contribution in [-0.2, 0) is 26.0 Å². The standard InChI is InChI=1S/C22H25N3O4S/c26-20-13-10-16-14-18(11-12-19(16)24-20)30(28,29)25-21(15-6-2-1-3-7-15)22(27)23-17-8-4-5-9-17/h1-3,6-7,11-12,14,17,21,25H,4-5,8-10,13H2,(H,23,27)(H,24,26)/t21-/m1/s1. The van der Waals surface area contributed by atoms with Gasteiger partial charge >= 0.3 is 0 Å². The molecule has 2 aromatic carbocycles. The van der Waals surface area contributed by atoms with Gasteiger partial charge in [0.2, 0.25) is 21.8 Å². The van der Waals surface area contributed by atoms with Crippen LogP contribution in [0.1, 0.15) is 49.3 Å². The molecule has 0 radical (unpaired) electrons. The molecule has 30 heavy (non-hydrogen) atoms. The number of hydrogen-bond donors (Lipinski definition) is 3. The largest absolute Gasteiger partial charge is 0.352 e. The molecule has 0 bridgehead atoms. The van der Waals surface area contributed by atoms with Crippen LogP contribution in [-0.4, -0.2) is 26.3 Å². The smallest absolute Gasteiger partial charge is 0.242 e. The monoisotopic (exact) mass is 427 g/mol. The molecule has 1 fully saturated rings. The van der Waals surface area contributed by atoms with Crippen LogP contribution in [0.5, 0.6) is 0 Å². The Morgan fingerprint density at radius 2 is 1.77 bits per heavy atom. The first kappa shape index (κ1) is 20.6. The quantitative estimate of drug-likeness (QED) is 0.659. The van der Waals surface area contributed by atoms with Crippen molar-refractivity contribution in [1.82, 2.24) is 10.0 Å².